The fourth-order valence-corrected chi connectivity index (χ4v) is 0.898. The molecule has 0 bridgehead atoms. The highest BCUT2D eigenvalue weighted by molar-refractivity contribution is 5.98. The first-order valence-corrected chi connectivity index (χ1v) is 4.00. The molecule has 2 nitrogen and oxygen atoms in total. The minimum atomic E-state index is 0.212. The Labute approximate surface area is 78.2 Å². The van der Waals surface area contributed by atoms with Gasteiger partial charge in [-0.2, -0.15) is 0 Å². The molecule has 0 radical (unpaired) electrons. The van der Waals surface area contributed by atoms with Gasteiger partial charge < -0.3 is 4.84 Å². The van der Waals surface area contributed by atoms with Crippen molar-refractivity contribution in [1.82, 2.24) is 0 Å². The Kier molecular flexibility index (Phi) is 3.59. The van der Waals surface area contributed by atoms with Crippen molar-refractivity contribution < 1.29 is 4.84 Å². The summed E-state index contributed by atoms with van der Waals surface area (Å²) >= 11 is 0. The molecular formula is C11H11NO. The Morgan fingerprint density at radius 1 is 1.46 bits per heavy atom. The van der Waals surface area contributed by atoms with Crippen LogP contribution < -0.4 is 0 Å². The maximum atomic E-state index is 5.01. The predicted octanol–water partition coefficient (Wildman–Crippen LogP) is 2.06. The molecule has 0 saturated carbocycles. The molecule has 0 aliphatic heterocycles. The molecule has 0 fully saturated rings. The normalized spacial score (nSPS) is 10.6. The van der Waals surface area contributed by atoms with E-state index < -0.39 is 0 Å². The third kappa shape index (κ3) is 3.00. The summed E-state index contributed by atoms with van der Waals surface area (Å²) in [6, 6.07) is 9.81. The number of benzene rings is 1. The predicted molar refractivity (Wildman–Crippen MR) is 53.4 cm³/mol. The molecule has 0 heterocycles. The number of oxime groups is 1. The van der Waals surface area contributed by atoms with Crippen LogP contribution in [0.15, 0.2) is 35.5 Å². The maximum Gasteiger partial charge on any atom is 0.177 e. The van der Waals surface area contributed by atoms with E-state index in [0.29, 0.717) is 0 Å². The van der Waals surface area contributed by atoms with Gasteiger partial charge in [-0.1, -0.05) is 41.4 Å². The van der Waals surface area contributed by atoms with E-state index in [0.717, 1.165) is 11.3 Å². The monoisotopic (exact) mass is 173 g/mol. The zero-order chi connectivity index (χ0) is 9.52. The van der Waals surface area contributed by atoms with Crippen LogP contribution in [0.25, 0.3) is 0 Å². The SMILES string of the molecule is C#CCON=C(C)c1ccccc1. The average Bonchev–Trinajstić information content (AvgIpc) is 2.19. The summed E-state index contributed by atoms with van der Waals surface area (Å²) in [5, 5.41) is 3.86. The first-order chi connectivity index (χ1) is 6.34. The van der Waals surface area contributed by atoms with E-state index in [1.807, 2.05) is 37.3 Å². The minimum absolute atomic E-state index is 0.212. The Bertz CT molecular complexity index is 322. The fourth-order valence-electron chi connectivity index (χ4n) is 0.898. The van der Waals surface area contributed by atoms with Gasteiger partial charge in [0.1, 0.15) is 0 Å². The lowest BCUT2D eigenvalue weighted by Gasteiger charge is -1.98. The first kappa shape index (κ1) is 9.34. The zero-order valence-corrected chi connectivity index (χ0v) is 7.53. The molecule has 0 aliphatic carbocycles. The lowest BCUT2D eigenvalue weighted by atomic mass is 10.1. The van der Waals surface area contributed by atoms with Crippen molar-refractivity contribution in [3.8, 4) is 12.3 Å². The summed E-state index contributed by atoms with van der Waals surface area (Å²) in [5.41, 5.74) is 1.87. The second-order valence-electron chi connectivity index (χ2n) is 2.52. The highest BCUT2D eigenvalue weighted by Gasteiger charge is 1.94. The first-order valence-electron chi connectivity index (χ1n) is 4.00. The number of hydrogen-bond donors (Lipinski definition) is 0. The minimum Gasteiger partial charge on any atom is -0.382 e. The molecule has 0 atom stereocenters. The van der Waals surface area contributed by atoms with Crippen LogP contribution in [-0.2, 0) is 4.84 Å². The summed E-state index contributed by atoms with van der Waals surface area (Å²) in [5.74, 6) is 2.35. The van der Waals surface area contributed by atoms with Crippen molar-refractivity contribution in [3.63, 3.8) is 0 Å². The lowest BCUT2D eigenvalue weighted by Crippen LogP contribution is -1.95. The van der Waals surface area contributed by atoms with Crippen molar-refractivity contribution in [2.75, 3.05) is 6.61 Å². The van der Waals surface area contributed by atoms with Crippen LogP contribution in [0.1, 0.15) is 12.5 Å². The van der Waals surface area contributed by atoms with Gasteiger partial charge >= 0.3 is 0 Å². The molecule has 0 aromatic heterocycles. The van der Waals surface area contributed by atoms with E-state index in [2.05, 4.69) is 11.1 Å². The van der Waals surface area contributed by atoms with E-state index in [4.69, 9.17) is 11.3 Å². The molecule has 1 aromatic carbocycles. The number of rotatable bonds is 3. The van der Waals surface area contributed by atoms with Crippen LogP contribution in [-0.4, -0.2) is 12.3 Å². The van der Waals surface area contributed by atoms with Crippen LogP contribution in [0.5, 0.6) is 0 Å². The molecule has 0 spiro atoms. The second kappa shape index (κ2) is 5.00. The van der Waals surface area contributed by atoms with Gasteiger partial charge in [0.2, 0.25) is 0 Å². The van der Waals surface area contributed by atoms with Gasteiger partial charge in [0, 0.05) is 0 Å². The largest absolute Gasteiger partial charge is 0.382 e. The summed E-state index contributed by atoms with van der Waals surface area (Å²) in [6.45, 7) is 2.09. The highest BCUT2D eigenvalue weighted by Crippen LogP contribution is 2.00. The quantitative estimate of drug-likeness (QED) is 0.297. The molecule has 1 aromatic rings. The molecule has 0 N–H and O–H groups in total. The number of terminal acetylenes is 1. The van der Waals surface area contributed by atoms with Gasteiger partial charge in [0.15, 0.2) is 6.61 Å². The van der Waals surface area contributed by atoms with Crippen molar-refractivity contribution in [3.05, 3.63) is 35.9 Å². The van der Waals surface area contributed by atoms with Crippen LogP contribution in [0, 0.1) is 12.3 Å². The van der Waals surface area contributed by atoms with Crippen molar-refractivity contribution >= 4 is 5.71 Å². The molecule has 1 rings (SSSR count). The Morgan fingerprint density at radius 3 is 2.77 bits per heavy atom. The van der Waals surface area contributed by atoms with Gasteiger partial charge in [0.25, 0.3) is 0 Å². The zero-order valence-electron chi connectivity index (χ0n) is 7.53. The summed E-state index contributed by atoms with van der Waals surface area (Å²) in [6.07, 6.45) is 5.01. The topological polar surface area (TPSA) is 21.6 Å². The molecule has 66 valence electrons. The second-order valence-corrected chi connectivity index (χ2v) is 2.52. The van der Waals surface area contributed by atoms with Gasteiger partial charge in [-0.25, -0.2) is 0 Å². The van der Waals surface area contributed by atoms with E-state index in [1.165, 1.54) is 0 Å². The summed E-state index contributed by atoms with van der Waals surface area (Å²) in [7, 11) is 0. The standard InChI is InChI=1S/C11H11NO/c1-3-9-13-12-10(2)11-7-5-4-6-8-11/h1,4-8H,9H2,2H3. The van der Waals surface area contributed by atoms with Crippen molar-refractivity contribution in [1.29, 1.82) is 0 Å². The fraction of sp³-hybridized carbons (Fsp3) is 0.182. The highest BCUT2D eigenvalue weighted by atomic mass is 16.6. The van der Waals surface area contributed by atoms with Crippen molar-refractivity contribution in [2.24, 2.45) is 5.16 Å². The van der Waals surface area contributed by atoms with Gasteiger partial charge in [0.05, 0.1) is 5.71 Å². The molecule has 0 saturated heterocycles. The average molecular weight is 173 g/mol. The van der Waals surface area contributed by atoms with E-state index >= 15 is 0 Å². The summed E-state index contributed by atoms with van der Waals surface area (Å²) in [4.78, 5) is 4.85. The van der Waals surface area contributed by atoms with Crippen LogP contribution in [0.2, 0.25) is 0 Å². The third-order valence-electron chi connectivity index (χ3n) is 1.54. The van der Waals surface area contributed by atoms with Gasteiger partial charge in [-0.05, 0) is 12.5 Å². The molecule has 0 aliphatic rings. The smallest absolute Gasteiger partial charge is 0.177 e. The third-order valence-corrected chi connectivity index (χ3v) is 1.54. The maximum absolute atomic E-state index is 5.01. The Morgan fingerprint density at radius 2 is 2.15 bits per heavy atom. The van der Waals surface area contributed by atoms with Crippen molar-refractivity contribution in [2.45, 2.75) is 6.92 Å². The molecule has 0 unspecified atom stereocenters. The Hall–Kier alpha value is -1.75. The van der Waals surface area contributed by atoms with Crippen LogP contribution in [0.3, 0.4) is 0 Å². The number of hydrogen-bond acceptors (Lipinski definition) is 2. The lowest BCUT2D eigenvalue weighted by molar-refractivity contribution is 0.180. The molecule has 0 amide bonds. The van der Waals surface area contributed by atoms with E-state index in [1.54, 1.807) is 0 Å². The van der Waals surface area contributed by atoms with E-state index in [9.17, 15) is 0 Å². The van der Waals surface area contributed by atoms with Gasteiger partial charge in [-0.15, -0.1) is 6.42 Å². The molecular weight excluding hydrogens is 162 g/mol. The van der Waals surface area contributed by atoms with Crippen LogP contribution >= 0.6 is 0 Å². The van der Waals surface area contributed by atoms with E-state index in [-0.39, 0.29) is 6.61 Å². The molecule has 2 heteroatoms. The van der Waals surface area contributed by atoms with Crippen LogP contribution in [0.4, 0.5) is 0 Å². The summed E-state index contributed by atoms with van der Waals surface area (Å²) < 4.78 is 0. The van der Waals surface area contributed by atoms with Gasteiger partial charge in [-0.3, -0.25) is 0 Å². The molecule has 13 heavy (non-hydrogen) atoms. The Balaban J connectivity index is 2.63. The number of nitrogens with zero attached hydrogens (tertiary/aromatic N) is 1.